The lowest BCUT2D eigenvalue weighted by Gasteiger charge is -2.12. The summed E-state index contributed by atoms with van der Waals surface area (Å²) < 4.78 is 7.16. The summed E-state index contributed by atoms with van der Waals surface area (Å²) in [7, 11) is 0. The minimum Gasteiger partial charge on any atom is -0.467 e. The number of benzene rings is 1. The maximum atomic E-state index is 12.6. The monoisotopic (exact) mass is 350 g/mol. The van der Waals surface area contributed by atoms with E-state index in [1.807, 2.05) is 24.5 Å². The van der Waals surface area contributed by atoms with E-state index in [1.54, 1.807) is 18.2 Å². The molecule has 0 aliphatic rings. The lowest BCUT2D eigenvalue weighted by molar-refractivity contribution is -0.117. The molecule has 3 aromatic rings. The van der Waals surface area contributed by atoms with Crippen molar-refractivity contribution in [3.05, 3.63) is 76.5 Å². The van der Waals surface area contributed by atoms with Gasteiger partial charge in [0.05, 0.1) is 12.8 Å². The third-order valence-electron chi connectivity index (χ3n) is 4.63. The van der Waals surface area contributed by atoms with Gasteiger partial charge in [-0.1, -0.05) is 6.07 Å². The standard InChI is InChI=1S/C21H22N2O3/c1-13-7-8-17(10-14(13)2)23-15(3)11-19(16(23)4)20(24)21(25)22-12-18-6-5-9-26-18/h5-11H,12H2,1-4H3,(H,22,25). The highest BCUT2D eigenvalue weighted by Gasteiger charge is 2.22. The number of hydrogen-bond donors (Lipinski definition) is 1. The minimum atomic E-state index is -0.637. The third-order valence-corrected chi connectivity index (χ3v) is 4.63. The first-order chi connectivity index (χ1) is 12.4. The molecule has 0 radical (unpaired) electrons. The average molecular weight is 350 g/mol. The number of furan rings is 1. The molecule has 0 spiro atoms. The fourth-order valence-corrected chi connectivity index (χ4v) is 3.04. The molecule has 2 aromatic heterocycles. The van der Waals surface area contributed by atoms with Gasteiger partial charge in [-0.3, -0.25) is 9.59 Å². The summed E-state index contributed by atoms with van der Waals surface area (Å²) in [6, 6.07) is 11.4. The van der Waals surface area contributed by atoms with Crippen molar-refractivity contribution in [1.82, 2.24) is 9.88 Å². The quantitative estimate of drug-likeness (QED) is 0.562. The largest absolute Gasteiger partial charge is 0.467 e. The summed E-state index contributed by atoms with van der Waals surface area (Å²) in [5.41, 5.74) is 5.46. The van der Waals surface area contributed by atoms with Gasteiger partial charge in [0.1, 0.15) is 5.76 Å². The van der Waals surface area contributed by atoms with Gasteiger partial charge in [0, 0.05) is 22.6 Å². The van der Waals surface area contributed by atoms with E-state index >= 15 is 0 Å². The molecule has 26 heavy (non-hydrogen) atoms. The van der Waals surface area contributed by atoms with Crippen LogP contribution >= 0.6 is 0 Å². The Morgan fingerprint density at radius 3 is 2.46 bits per heavy atom. The van der Waals surface area contributed by atoms with E-state index in [0.29, 0.717) is 11.3 Å². The number of amides is 1. The minimum absolute atomic E-state index is 0.188. The van der Waals surface area contributed by atoms with Crippen LogP contribution in [-0.4, -0.2) is 16.3 Å². The van der Waals surface area contributed by atoms with Crippen LogP contribution in [0, 0.1) is 27.7 Å². The van der Waals surface area contributed by atoms with E-state index in [4.69, 9.17) is 4.42 Å². The highest BCUT2D eigenvalue weighted by Crippen LogP contribution is 2.23. The summed E-state index contributed by atoms with van der Waals surface area (Å²) in [6.07, 6.45) is 1.53. The van der Waals surface area contributed by atoms with Crippen LogP contribution in [0.2, 0.25) is 0 Å². The van der Waals surface area contributed by atoms with Crippen LogP contribution in [0.5, 0.6) is 0 Å². The molecular weight excluding hydrogens is 328 g/mol. The number of nitrogens with one attached hydrogen (secondary N) is 1. The molecule has 1 amide bonds. The molecule has 0 unspecified atom stereocenters. The number of hydrogen-bond acceptors (Lipinski definition) is 3. The molecule has 3 rings (SSSR count). The molecule has 0 fully saturated rings. The number of aromatic nitrogens is 1. The summed E-state index contributed by atoms with van der Waals surface area (Å²) in [6.45, 7) is 8.09. The second-order valence-electron chi connectivity index (χ2n) is 6.48. The van der Waals surface area contributed by atoms with Gasteiger partial charge in [0.15, 0.2) is 0 Å². The van der Waals surface area contributed by atoms with Gasteiger partial charge >= 0.3 is 0 Å². The molecule has 0 saturated heterocycles. The summed E-state index contributed by atoms with van der Waals surface area (Å²) in [4.78, 5) is 24.8. The lowest BCUT2D eigenvalue weighted by atomic mass is 10.1. The van der Waals surface area contributed by atoms with Crippen LogP contribution in [0.25, 0.3) is 5.69 Å². The normalized spacial score (nSPS) is 10.8. The van der Waals surface area contributed by atoms with E-state index in [1.165, 1.54) is 17.4 Å². The highest BCUT2D eigenvalue weighted by molar-refractivity contribution is 6.43. The van der Waals surface area contributed by atoms with Crippen LogP contribution in [0.4, 0.5) is 0 Å². The molecule has 1 N–H and O–H groups in total. The Labute approximate surface area is 152 Å². The fourth-order valence-electron chi connectivity index (χ4n) is 3.04. The smallest absolute Gasteiger partial charge is 0.292 e. The van der Waals surface area contributed by atoms with Gasteiger partial charge in [0.25, 0.3) is 11.7 Å². The molecule has 0 atom stereocenters. The Balaban J connectivity index is 1.85. The Bertz CT molecular complexity index is 966. The van der Waals surface area contributed by atoms with Crippen LogP contribution in [-0.2, 0) is 11.3 Å². The maximum absolute atomic E-state index is 12.6. The topological polar surface area (TPSA) is 64.2 Å². The first-order valence-electron chi connectivity index (χ1n) is 8.50. The zero-order chi connectivity index (χ0) is 18.8. The third kappa shape index (κ3) is 3.33. The van der Waals surface area contributed by atoms with Gasteiger partial charge in [-0.25, -0.2) is 0 Å². The molecule has 2 heterocycles. The van der Waals surface area contributed by atoms with Gasteiger partial charge in [-0.15, -0.1) is 0 Å². The number of Topliss-reactive ketones (excluding diaryl/α,β-unsaturated/α-hetero) is 1. The zero-order valence-electron chi connectivity index (χ0n) is 15.4. The predicted molar refractivity (Wildman–Crippen MR) is 99.6 cm³/mol. The van der Waals surface area contributed by atoms with Crippen molar-refractivity contribution in [3.63, 3.8) is 0 Å². The molecule has 5 nitrogen and oxygen atoms in total. The van der Waals surface area contributed by atoms with E-state index < -0.39 is 11.7 Å². The predicted octanol–water partition coefficient (Wildman–Crippen LogP) is 3.80. The summed E-state index contributed by atoms with van der Waals surface area (Å²) in [5, 5.41) is 2.60. The Kier molecular flexibility index (Phi) is 4.80. The number of carbonyl (C=O) groups is 2. The number of aryl methyl sites for hydroxylation is 3. The molecular formula is C21H22N2O3. The van der Waals surface area contributed by atoms with Crippen molar-refractivity contribution < 1.29 is 14.0 Å². The Morgan fingerprint density at radius 2 is 1.81 bits per heavy atom. The number of carbonyl (C=O) groups excluding carboxylic acids is 2. The van der Waals surface area contributed by atoms with E-state index in [-0.39, 0.29) is 6.54 Å². The van der Waals surface area contributed by atoms with E-state index in [9.17, 15) is 9.59 Å². The van der Waals surface area contributed by atoms with Crippen molar-refractivity contribution in [2.75, 3.05) is 0 Å². The van der Waals surface area contributed by atoms with Crippen LogP contribution < -0.4 is 5.32 Å². The van der Waals surface area contributed by atoms with Gasteiger partial charge < -0.3 is 14.3 Å². The van der Waals surface area contributed by atoms with E-state index in [0.717, 1.165) is 17.1 Å². The number of nitrogens with zero attached hydrogens (tertiary/aromatic N) is 1. The molecule has 0 aliphatic carbocycles. The first-order valence-corrected chi connectivity index (χ1v) is 8.50. The van der Waals surface area contributed by atoms with Crippen molar-refractivity contribution in [3.8, 4) is 5.69 Å². The summed E-state index contributed by atoms with van der Waals surface area (Å²) in [5.74, 6) is -0.576. The lowest BCUT2D eigenvalue weighted by Crippen LogP contribution is -2.30. The molecule has 134 valence electrons. The zero-order valence-corrected chi connectivity index (χ0v) is 15.4. The van der Waals surface area contributed by atoms with Gasteiger partial charge in [-0.05, 0) is 69.2 Å². The van der Waals surface area contributed by atoms with E-state index in [2.05, 4.69) is 31.3 Å². The molecule has 0 bridgehead atoms. The van der Waals surface area contributed by atoms with Crippen molar-refractivity contribution in [2.24, 2.45) is 0 Å². The second-order valence-corrected chi connectivity index (χ2v) is 6.48. The molecule has 0 aliphatic heterocycles. The average Bonchev–Trinajstić information content (AvgIpc) is 3.23. The van der Waals surface area contributed by atoms with Crippen molar-refractivity contribution in [2.45, 2.75) is 34.2 Å². The Hall–Kier alpha value is -3.08. The highest BCUT2D eigenvalue weighted by atomic mass is 16.3. The van der Waals surface area contributed by atoms with Crippen LogP contribution in [0.1, 0.15) is 38.6 Å². The van der Waals surface area contributed by atoms with Crippen molar-refractivity contribution in [1.29, 1.82) is 0 Å². The molecule has 0 saturated carbocycles. The van der Waals surface area contributed by atoms with Gasteiger partial charge in [0.2, 0.25) is 0 Å². The van der Waals surface area contributed by atoms with Gasteiger partial charge in [-0.2, -0.15) is 0 Å². The second kappa shape index (κ2) is 7.04. The summed E-state index contributed by atoms with van der Waals surface area (Å²) >= 11 is 0. The van der Waals surface area contributed by atoms with Crippen LogP contribution in [0.15, 0.2) is 47.1 Å². The van der Waals surface area contributed by atoms with Crippen molar-refractivity contribution >= 4 is 11.7 Å². The van der Waals surface area contributed by atoms with Crippen LogP contribution in [0.3, 0.4) is 0 Å². The Morgan fingerprint density at radius 1 is 1.04 bits per heavy atom. The maximum Gasteiger partial charge on any atom is 0.292 e. The first kappa shape index (κ1) is 17.7. The fraction of sp³-hybridized carbons (Fsp3) is 0.238. The number of ketones is 1. The molecule has 1 aromatic carbocycles. The number of rotatable bonds is 5. The SMILES string of the molecule is Cc1ccc(-n2c(C)cc(C(=O)C(=O)NCc3ccco3)c2C)cc1C. The molecule has 5 heteroatoms.